The number of hydrogen-bond donors (Lipinski definition) is 2. The number of sulfonamides is 2. The van der Waals surface area contributed by atoms with Gasteiger partial charge in [-0.3, -0.25) is 0 Å². The minimum Gasteiger partial charge on any atom is -0.301 e. The number of aryl methyl sites for hydroxylation is 2. The summed E-state index contributed by atoms with van der Waals surface area (Å²) < 4.78 is 55.0. The molecule has 0 saturated heterocycles. The smallest absolute Gasteiger partial charge is 0.240 e. The zero-order valence-corrected chi connectivity index (χ0v) is 20.1. The van der Waals surface area contributed by atoms with Crippen molar-refractivity contribution < 1.29 is 16.8 Å². The SMILES string of the molecule is CCCCN(CCNS(=O)(=O)c1ccc(C)cc1)CCNS(=O)(=O)c1ccc(C)cc1. The topological polar surface area (TPSA) is 95.6 Å². The zero-order chi connectivity index (χ0) is 22.9. The van der Waals surface area contributed by atoms with Crippen LogP contribution in [0.4, 0.5) is 0 Å². The molecule has 0 bridgehead atoms. The fourth-order valence-corrected chi connectivity index (χ4v) is 5.04. The molecular formula is C22H33N3O4S2. The highest BCUT2D eigenvalue weighted by Gasteiger charge is 2.16. The first kappa shape index (κ1) is 25.5. The van der Waals surface area contributed by atoms with Gasteiger partial charge in [-0.15, -0.1) is 0 Å². The van der Waals surface area contributed by atoms with E-state index in [2.05, 4.69) is 21.3 Å². The third-order valence-corrected chi connectivity index (χ3v) is 7.88. The maximum absolute atomic E-state index is 12.4. The van der Waals surface area contributed by atoms with Crippen LogP contribution in [-0.4, -0.2) is 54.5 Å². The Bertz CT molecular complexity index is 938. The van der Waals surface area contributed by atoms with Gasteiger partial charge in [0.15, 0.2) is 0 Å². The van der Waals surface area contributed by atoms with E-state index < -0.39 is 20.0 Å². The lowest BCUT2D eigenvalue weighted by molar-refractivity contribution is 0.278. The highest BCUT2D eigenvalue weighted by Crippen LogP contribution is 2.10. The third kappa shape index (κ3) is 8.34. The van der Waals surface area contributed by atoms with Crippen LogP contribution in [0.3, 0.4) is 0 Å². The van der Waals surface area contributed by atoms with E-state index in [4.69, 9.17) is 0 Å². The molecule has 2 N–H and O–H groups in total. The highest BCUT2D eigenvalue weighted by atomic mass is 32.2. The summed E-state index contributed by atoms with van der Waals surface area (Å²) in [6, 6.07) is 13.4. The quantitative estimate of drug-likeness (QED) is 0.472. The van der Waals surface area contributed by atoms with Gasteiger partial charge in [-0.1, -0.05) is 48.7 Å². The number of benzene rings is 2. The van der Waals surface area contributed by atoms with Crippen molar-refractivity contribution in [3.8, 4) is 0 Å². The molecule has 0 aliphatic heterocycles. The Kier molecular flexibility index (Phi) is 9.64. The van der Waals surface area contributed by atoms with Gasteiger partial charge in [-0.05, 0) is 51.1 Å². The van der Waals surface area contributed by atoms with Crippen molar-refractivity contribution in [1.29, 1.82) is 0 Å². The van der Waals surface area contributed by atoms with Crippen LogP contribution < -0.4 is 9.44 Å². The van der Waals surface area contributed by atoms with Gasteiger partial charge in [0.2, 0.25) is 20.0 Å². The summed E-state index contributed by atoms with van der Waals surface area (Å²) in [6.07, 6.45) is 1.95. The van der Waals surface area contributed by atoms with E-state index in [0.717, 1.165) is 30.5 Å². The predicted molar refractivity (Wildman–Crippen MR) is 124 cm³/mol. The van der Waals surface area contributed by atoms with Crippen LogP contribution in [0.15, 0.2) is 58.3 Å². The van der Waals surface area contributed by atoms with Crippen molar-refractivity contribution in [3.05, 3.63) is 59.7 Å². The molecule has 9 heteroatoms. The first-order chi connectivity index (χ1) is 14.6. The molecule has 0 spiro atoms. The van der Waals surface area contributed by atoms with Crippen LogP contribution in [0.1, 0.15) is 30.9 Å². The molecule has 31 heavy (non-hydrogen) atoms. The van der Waals surface area contributed by atoms with E-state index in [-0.39, 0.29) is 22.9 Å². The van der Waals surface area contributed by atoms with Crippen molar-refractivity contribution in [2.24, 2.45) is 0 Å². The minimum atomic E-state index is -3.56. The van der Waals surface area contributed by atoms with Crippen molar-refractivity contribution >= 4 is 20.0 Å². The molecule has 0 atom stereocenters. The molecule has 0 aliphatic rings. The normalized spacial score (nSPS) is 12.4. The first-order valence-corrected chi connectivity index (χ1v) is 13.5. The number of unbranched alkanes of at least 4 members (excludes halogenated alkanes) is 1. The zero-order valence-electron chi connectivity index (χ0n) is 18.5. The summed E-state index contributed by atoms with van der Waals surface area (Å²) in [5.74, 6) is 0. The molecular weight excluding hydrogens is 434 g/mol. The lowest BCUT2D eigenvalue weighted by Gasteiger charge is -2.22. The molecule has 0 radical (unpaired) electrons. The van der Waals surface area contributed by atoms with Crippen LogP contribution in [0.25, 0.3) is 0 Å². The second kappa shape index (κ2) is 11.7. The predicted octanol–water partition coefficient (Wildman–Crippen LogP) is 2.66. The van der Waals surface area contributed by atoms with Gasteiger partial charge in [0.05, 0.1) is 9.79 Å². The maximum atomic E-state index is 12.4. The van der Waals surface area contributed by atoms with E-state index in [0.29, 0.717) is 13.1 Å². The maximum Gasteiger partial charge on any atom is 0.240 e. The largest absolute Gasteiger partial charge is 0.301 e. The molecule has 0 heterocycles. The molecule has 2 rings (SSSR count). The number of rotatable bonds is 13. The standard InChI is InChI=1S/C22H33N3O4S2/c1-4-5-16-25(17-14-23-30(26,27)21-10-6-19(2)7-11-21)18-15-24-31(28,29)22-12-8-20(3)9-13-22/h6-13,23-24H,4-5,14-18H2,1-3H3. The molecule has 7 nitrogen and oxygen atoms in total. The first-order valence-electron chi connectivity index (χ1n) is 10.5. The molecule has 0 amide bonds. The van der Waals surface area contributed by atoms with E-state index in [1.165, 1.54) is 0 Å². The second-order valence-electron chi connectivity index (χ2n) is 7.62. The summed E-state index contributed by atoms with van der Waals surface area (Å²) in [6.45, 7) is 8.17. The van der Waals surface area contributed by atoms with E-state index in [9.17, 15) is 16.8 Å². The highest BCUT2D eigenvalue weighted by molar-refractivity contribution is 7.89. The van der Waals surface area contributed by atoms with Crippen molar-refractivity contribution in [2.45, 2.75) is 43.4 Å². The van der Waals surface area contributed by atoms with Crippen LogP contribution in [0.2, 0.25) is 0 Å². The Hall–Kier alpha value is -1.78. The van der Waals surface area contributed by atoms with E-state index in [1.807, 2.05) is 13.8 Å². The van der Waals surface area contributed by atoms with Crippen LogP contribution in [0, 0.1) is 13.8 Å². The van der Waals surface area contributed by atoms with Gasteiger partial charge in [0.25, 0.3) is 0 Å². The lowest BCUT2D eigenvalue weighted by Crippen LogP contribution is -2.40. The Balaban J connectivity index is 1.88. The van der Waals surface area contributed by atoms with Crippen LogP contribution in [0.5, 0.6) is 0 Å². The van der Waals surface area contributed by atoms with Gasteiger partial charge >= 0.3 is 0 Å². The number of hydrogen-bond acceptors (Lipinski definition) is 5. The molecule has 2 aromatic rings. The lowest BCUT2D eigenvalue weighted by atomic mass is 10.2. The van der Waals surface area contributed by atoms with E-state index in [1.54, 1.807) is 48.5 Å². The Morgan fingerprint density at radius 1 is 0.677 bits per heavy atom. The van der Waals surface area contributed by atoms with Gasteiger partial charge in [-0.2, -0.15) is 0 Å². The van der Waals surface area contributed by atoms with Crippen LogP contribution in [-0.2, 0) is 20.0 Å². The monoisotopic (exact) mass is 467 g/mol. The molecule has 0 saturated carbocycles. The van der Waals surface area contributed by atoms with Gasteiger partial charge < -0.3 is 4.90 Å². The fraction of sp³-hybridized carbons (Fsp3) is 0.455. The molecule has 2 aromatic carbocycles. The number of nitrogens with zero attached hydrogens (tertiary/aromatic N) is 1. The molecule has 0 fully saturated rings. The average molecular weight is 468 g/mol. The molecule has 172 valence electrons. The summed E-state index contributed by atoms with van der Waals surface area (Å²) in [7, 11) is -7.13. The Morgan fingerprint density at radius 2 is 1.06 bits per heavy atom. The fourth-order valence-electron chi connectivity index (χ4n) is 2.99. The molecule has 0 aromatic heterocycles. The van der Waals surface area contributed by atoms with Gasteiger partial charge in [-0.25, -0.2) is 26.3 Å². The number of nitrogens with one attached hydrogen (secondary N) is 2. The summed E-state index contributed by atoms with van der Waals surface area (Å²) in [5.41, 5.74) is 2.00. The second-order valence-corrected chi connectivity index (χ2v) is 11.2. The van der Waals surface area contributed by atoms with Crippen molar-refractivity contribution in [3.63, 3.8) is 0 Å². The average Bonchev–Trinajstić information content (AvgIpc) is 2.72. The van der Waals surface area contributed by atoms with Gasteiger partial charge in [0.1, 0.15) is 0 Å². The van der Waals surface area contributed by atoms with E-state index >= 15 is 0 Å². The van der Waals surface area contributed by atoms with Crippen molar-refractivity contribution in [1.82, 2.24) is 14.3 Å². The molecule has 0 unspecified atom stereocenters. The van der Waals surface area contributed by atoms with Gasteiger partial charge in [0, 0.05) is 26.2 Å². The summed E-state index contributed by atoms with van der Waals surface area (Å²) in [4.78, 5) is 2.55. The summed E-state index contributed by atoms with van der Waals surface area (Å²) in [5, 5.41) is 0. The Morgan fingerprint density at radius 3 is 1.42 bits per heavy atom. The summed E-state index contributed by atoms with van der Waals surface area (Å²) >= 11 is 0. The molecule has 0 aliphatic carbocycles. The van der Waals surface area contributed by atoms with Crippen LogP contribution >= 0.6 is 0 Å². The Labute approximate surface area is 187 Å². The third-order valence-electron chi connectivity index (χ3n) is 4.93. The minimum absolute atomic E-state index is 0.240. The van der Waals surface area contributed by atoms with Crippen molar-refractivity contribution in [2.75, 3.05) is 32.7 Å².